The molecule has 1 aromatic carbocycles. The molecule has 1 saturated heterocycles. The number of nitrogens with one attached hydrogen (secondary N) is 3. The van der Waals surface area contributed by atoms with Crippen molar-refractivity contribution in [1.82, 2.24) is 20.3 Å². The quantitative estimate of drug-likeness (QED) is 0.667. The number of aromatic nitrogens is 3. The molecule has 0 saturated carbocycles. The molecule has 20 heavy (non-hydrogen) atoms. The molecule has 4 rings (SSSR count). The number of ether oxygens (including phenoxy) is 1. The average Bonchev–Trinajstić information content (AvgIpc) is 3.14. The minimum Gasteiger partial charge on any atom is -0.368 e. The van der Waals surface area contributed by atoms with Gasteiger partial charge in [0, 0.05) is 35.8 Å². The summed E-state index contributed by atoms with van der Waals surface area (Å²) in [5.41, 5.74) is 3.30. The molecule has 0 radical (unpaired) electrons. The molecule has 0 bridgehead atoms. The number of morpholine rings is 1. The summed E-state index contributed by atoms with van der Waals surface area (Å²) in [5, 5.41) is 4.52. The summed E-state index contributed by atoms with van der Waals surface area (Å²) in [6.07, 6.45) is 3.91. The molecular formula is C15H16N4O. The number of fused-ring (bicyclic) bond motifs is 1. The highest BCUT2D eigenvalue weighted by atomic mass is 16.5. The van der Waals surface area contributed by atoms with E-state index < -0.39 is 0 Å². The van der Waals surface area contributed by atoms with Crippen molar-refractivity contribution in [2.75, 3.05) is 19.7 Å². The lowest BCUT2D eigenvalue weighted by Crippen LogP contribution is -2.33. The van der Waals surface area contributed by atoms with E-state index in [1.165, 1.54) is 5.39 Å². The lowest BCUT2D eigenvalue weighted by atomic mass is 10.1. The number of rotatable bonds is 2. The Hall–Kier alpha value is -2.11. The van der Waals surface area contributed by atoms with Gasteiger partial charge in [-0.25, -0.2) is 4.98 Å². The van der Waals surface area contributed by atoms with Crippen molar-refractivity contribution >= 4 is 10.9 Å². The molecule has 3 heterocycles. The first-order chi connectivity index (χ1) is 9.92. The van der Waals surface area contributed by atoms with Crippen LogP contribution >= 0.6 is 0 Å². The maximum atomic E-state index is 5.72. The van der Waals surface area contributed by atoms with Gasteiger partial charge in [0.1, 0.15) is 11.9 Å². The predicted octanol–water partition coefficient (Wildman–Crippen LogP) is 2.22. The Morgan fingerprint density at radius 1 is 1.25 bits per heavy atom. The zero-order chi connectivity index (χ0) is 13.4. The SMILES string of the molecule is c1ccc2c(-c3cnc(C4CNCCO4)[nH]3)c[nH]c2c1. The van der Waals surface area contributed by atoms with Gasteiger partial charge in [-0.1, -0.05) is 18.2 Å². The van der Waals surface area contributed by atoms with E-state index in [9.17, 15) is 0 Å². The number of benzene rings is 1. The van der Waals surface area contributed by atoms with Crippen LogP contribution in [0.5, 0.6) is 0 Å². The number of H-pyrrole nitrogens is 2. The number of hydrogen-bond donors (Lipinski definition) is 3. The van der Waals surface area contributed by atoms with Gasteiger partial charge in [-0.05, 0) is 6.07 Å². The van der Waals surface area contributed by atoms with E-state index in [4.69, 9.17) is 4.74 Å². The predicted molar refractivity (Wildman–Crippen MR) is 77.4 cm³/mol. The largest absolute Gasteiger partial charge is 0.368 e. The number of hydrogen-bond acceptors (Lipinski definition) is 3. The topological polar surface area (TPSA) is 65.7 Å². The first kappa shape index (κ1) is 11.7. The van der Waals surface area contributed by atoms with Gasteiger partial charge in [0.05, 0.1) is 18.5 Å². The molecular weight excluding hydrogens is 252 g/mol. The molecule has 1 aliphatic heterocycles. The van der Waals surface area contributed by atoms with Crippen molar-refractivity contribution in [3.63, 3.8) is 0 Å². The van der Waals surface area contributed by atoms with Crippen LogP contribution in [-0.2, 0) is 4.74 Å². The Labute approximate surface area is 116 Å². The summed E-state index contributed by atoms with van der Waals surface area (Å²) < 4.78 is 5.72. The van der Waals surface area contributed by atoms with Crippen LogP contribution in [0.4, 0.5) is 0 Å². The van der Waals surface area contributed by atoms with Gasteiger partial charge in [-0.15, -0.1) is 0 Å². The average molecular weight is 268 g/mol. The van der Waals surface area contributed by atoms with Crippen LogP contribution in [0, 0.1) is 0 Å². The van der Waals surface area contributed by atoms with Gasteiger partial charge in [0.2, 0.25) is 0 Å². The van der Waals surface area contributed by atoms with Crippen LogP contribution in [0.3, 0.4) is 0 Å². The van der Waals surface area contributed by atoms with Crippen molar-refractivity contribution in [3.05, 3.63) is 42.5 Å². The first-order valence-corrected chi connectivity index (χ1v) is 6.85. The number of imidazole rings is 1. The van der Waals surface area contributed by atoms with E-state index in [0.717, 1.165) is 42.3 Å². The third-order valence-electron chi connectivity index (χ3n) is 3.71. The molecule has 0 spiro atoms. The zero-order valence-corrected chi connectivity index (χ0v) is 11.0. The van der Waals surface area contributed by atoms with E-state index in [1.807, 2.05) is 24.5 Å². The minimum atomic E-state index is 0.0164. The molecule has 1 fully saturated rings. The molecule has 1 unspecified atom stereocenters. The molecule has 1 aliphatic rings. The van der Waals surface area contributed by atoms with Gasteiger partial charge < -0.3 is 20.0 Å². The molecule has 2 aromatic heterocycles. The molecule has 3 N–H and O–H groups in total. The molecule has 5 nitrogen and oxygen atoms in total. The van der Waals surface area contributed by atoms with Crippen LogP contribution in [0.25, 0.3) is 22.2 Å². The fourth-order valence-corrected chi connectivity index (χ4v) is 2.67. The fraction of sp³-hybridized carbons (Fsp3) is 0.267. The normalized spacial score (nSPS) is 19.5. The lowest BCUT2D eigenvalue weighted by molar-refractivity contribution is 0.0227. The summed E-state index contributed by atoms with van der Waals surface area (Å²) in [6, 6.07) is 8.26. The molecule has 0 aliphatic carbocycles. The van der Waals surface area contributed by atoms with Crippen LogP contribution in [0.15, 0.2) is 36.7 Å². The number of aromatic amines is 2. The van der Waals surface area contributed by atoms with E-state index in [2.05, 4.69) is 32.4 Å². The Bertz CT molecular complexity index is 724. The van der Waals surface area contributed by atoms with Gasteiger partial charge >= 0.3 is 0 Å². The molecule has 102 valence electrons. The highest BCUT2D eigenvalue weighted by Crippen LogP contribution is 2.28. The molecule has 0 amide bonds. The molecule has 3 aromatic rings. The standard InChI is InChI=1S/C15H16N4O/c1-2-4-12-10(3-1)11(7-17-12)13-8-18-15(19-13)14-9-16-5-6-20-14/h1-4,7-8,14,16-17H,5-6,9H2,(H,18,19). The summed E-state index contributed by atoms with van der Waals surface area (Å²) in [5.74, 6) is 0.887. The van der Waals surface area contributed by atoms with Gasteiger partial charge in [-0.2, -0.15) is 0 Å². The smallest absolute Gasteiger partial charge is 0.137 e. The van der Waals surface area contributed by atoms with Crippen molar-refractivity contribution in [3.8, 4) is 11.3 Å². The van der Waals surface area contributed by atoms with Crippen molar-refractivity contribution in [1.29, 1.82) is 0 Å². The second-order valence-corrected chi connectivity index (χ2v) is 4.99. The second kappa shape index (κ2) is 4.77. The van der Waals surface area contributed by atoms with E-state index in [1.54, 1.807) is 0 Å². The summed E-state index contributed by atoms with van der Waals surface area (Å²) in [7, 11) is 0. The number of nitrogens with zero attached hydrogens (tertiary/aromatic N) is 1. The maximum Gasteiger partial charge on any atom is 0.137 e. The van der Waals surface area contributed by atoms with Gasteiger partial charge in [0.15, 0.2) is 0 Å². The second-order valence-electron chi connectivity index (χ2n) is 4.99. The fourth-order valence-electron chi connectivity index (χ4n) is 2.67. The van der Waals surface area contributed by atoms with E-state index in [0.29, 0.717) is 0 Å². The van der Waals surface area contributed by atoms with Crippen LogP contribution < -0.4 is 5.32 Å². The minimum absolute atomic E-state index is 0.0164. The zero-order valence-electron chi connectivity index (χ0n) is 11.0. The van der Waals surface area contributed by atoms with Crippen LogP contribution in [0.1, 0.15) is 11.9 Å². The number of para-hydroxylation sites is 1. The highest BCUT2D eigenvalue weighted by Gasteiger charge is 2.19. The van der Waals surface area contributed by atoms with Crippen molar-refractivity contribution in [2.24, 2.45) is 0 Å². The van der Waals surface area contributed by atoms with E-state index in [-0.39, 0.29) is 6.10 Å². The third kappa shape index (κ3) is 1.92. The summed E-state index contributed by atoms with van der Waals surface area (Å²) in [4.78, 5) is 11.1. The summed E-state index contributed by atoms with van der Waals surface area (Å²) in [6.45, 7) is 2.45. The summed E-state index contributed by atoms with van der Waals surface area (Å²) >= 11 is 0. The highest BCUT2D eigenvalue weighted by molar-refractivity contribution is 5.94. The molecule has 1 atom stereocenters. The Morgan fingerprint density at radius 3 is 3.10 bits per heavy atom. The van der Waals surface area contributed by atoms with Gasteiger partial charge in [0.25, 0.3) is 0 Å². The first-order valence-electron chi connectivity index (χ1n) is 6.85. The Balaban J connectivity index is 1.70. The lowest BCUT2D eigenvalue weighted by Gasteiger charge is -2.21. The maximum absolute atomic E-state index is 5.72. The van der Waals surface area contributed by atoms with E-state index >= 15 is 0 Å². The van der Waals surface area contributed by atoms with Crippen LogP contribution in [0.2, 0.25) is 0 Å². The van der Waals surface area contributed by atoms with Crippen LogP contribution in [-0.4, -0.2) is 34.6 Å². The van der Waals surface area contributed by atoms with Crippen molar-refractivity contribution in [2.45, 2.75) is 6.10 Å². The monoisotopic (exact) mass is 268 g/mol. The Kier molecular flexibility index (Phi) is 2.79. The third-order valence-corrected chi connectivity index (χ3v) is 3.71. The Morgan fingerprint density at radius 2 is 2.20 bits per heavy atom. The van der Waals surface area contributed by atoms with Gasteiger partial charge in [-0.3, -0.25) is 0 Å². The molecule has 5 heteroatoms. The van der Waals surface area contributed by atoms with Crippen molar-refractivity contribution < 1.29 is 4.74 Å².